The minimum Gasteiger partial charge on any atom is -0.449 e. The van der Waals surface area contributed by atoms with Crippen LogP contribution in [0.1, 0.15) is 30.9 Å². The number of alkyl carbamates (subject to hydrolysis) is 1. The number of likely N-dealkylation sites (N-methyl/N-ethyl adjacent to an activating group) is 1. The van der Waals surface area contributed by atoms with E-state index in [9.17, 15) is 9.59 Å². The van der Waals surface area contributed by atoms with E-state index in [4.69, 9.17) is 4.74 Å². The van der Waals surface area contributed by atoms with Gasteiger partial charge in [-0.05, 0) is 28.2 Å². The Hall–Kier alpha value is -2.82. The minimum absolute atomic E-state index is 0.00523. The van der Waals surface area contributed by atoms with Crippen LogP contribution >= 0.6 is 0 Å². The van der Waals surface area contributed by atoms with E-state index >= 15 is 0 Å². The zero-order valence-corrected chi connectivity index (χ0v) is 15.3. The molecule has 5 nitrogen and oxygen atoms in total. The molecule has 2 aromatic rings. The van der Waals surface area contributed by atoms with Crippen LogP contribution in [0.4, 0.5) is 4.79 Å². The molecule has 2 amide bonds. The number of amides is 2. The van der Waals surface area contributed by atoms with Gasteiger partial charge in [-0.1, -0.05) is 62.4 Å². The predicted octanol–water partition coefficient (Wildman–Crippen LogP) is 3.30. The maximum atomic E-state index is 12.2. The fourth-order valence-corrected chi connectivity index (χ4v) is 3.46. The molecule has 1 aliphatic carbocycles. The number of benzene rings is 2. The molecule has 136 valence electrons. The Balaban J connectivity index is 1.72. The van der Waals surface area contributed by atoms with Crippen molar-refractivity contribution in [3.8, 4) is 11.1 Å². The van der Waals surface area contributed by atoms with Crippen LogP contribution in [0.2, 0.25) is 0 Å². The molecular formula is C21H24N2O3. The third-order valence-corrected chi connectivity index (χ3v) is 4.81. The van der Waals surface area contributed by atoms with Gasteiger partial charge in [0.15, 0.2) is 0 Å². The molecule has 0 heterocycles. The van der Waals surface area contributed by atoms with Gasteiger partial charge in [-0.2, -0.15) is 0 Å². The summed E-state index contributed by atoms with van der Waals surface area (Å²) in [4.78, 5) is 24.1. The lowest BCUT2D eigenvalue weighted by atomic mass is 9.98. The topological polar surface area (TPSA) is 67.4 Å². The van der Waals surface area contributed by atoms with Gasteiger partial charge in [-0.15, -0.1) is 0 Å². The van der Waals surface area contributed by atoms with Gasteiger partial charge in [0.2, 0.25) is 5.91 Å². The molecule has 2 N–H and O–H groups in total. The molecule has 5 heteroatoms. The first-order valence-corrected chi connectivity index (χ1v) is 8.86. The lowest BCUT2D eigenvalue weighted by Gasteiger charge is -2.21. The summed E-state index contributed by atoms with van der Waals surface area (Å²) in [6.07, 6.45) is -0.575. The van der Waals surface area contributed by atoms with E-state index < -0.39 is 12.1 Å². The number of nitrogens with one attached hydrogen (secondary N) is 2. The third kappa shape index (κ3) is 3.43. The standard InChI is InChI=1S/C21H24N2O3/c1-13(2)19(20(24)22-3)23-21(25)26-12-18-16-10-6-4-8-14(16)15-9-5-7-11-17(15)18/h4-11,13,18-19H,12H2,1-3H3,(H,22,24)(H,23,25). The summed E-state index contributed by atoms with van der Waals surface area (Å²) in [5.74, 6) is -0.255. The lowest BCUT2D eigenvalue weighted by molar-refractivity contribution is -0.123. The number of carbonyl (C=O) groups is 2. The van der Waals surface area contributed by atoms with Crippen molar-refractivity contribution in [2.45, 2.75) is 25.8 Å². The molecule has 0 saturated heterocycles. The van der Waals surface area contributed by atoms with Gasteiger partial charge in [0.1, 0.15) is 12.6 Å². The SMILES string of the molecule is CNC(=O)C(NC(=O)OCC1c2ccccc2-c2ccccc21)C(C)C. The van der Waals surface area contributed by atoms with Crippen LogP contribution < -0.4 is 10.6 Å². The molecule has 0 radical (unpaired) electrons. The zero-order valence-electron chi connectivity index (χ0n) is 15.3. The normalized spacial score (nSPS) is 13.7. The van der Waals surface area contributed by atoms with Gasteiger partial charge in [0.25, 0.3) is 0 Å². The first-order valence-electron chi connectivity index (χ1n) is 8.86. The average Bonchev–Trinajstić information content (AvgIpc) is 2.97. The zero-order chi connectivity index (χ0) is 18.7. The van der Waals surface area contributed by atoms with Gasteiger partial charge < -0.3 is 15.4 Å². The van der Waals surface area contributed by atoms with Gasteiger partial charge in [0, 0.05) is 13.0 Å². The van der Waals surface area contributed by atoms with E-state index in [1.165, 1.54) is 11.1 Å². The van der Waals surface area contributed by atoms with Crippen molar-refractivity contribution in [3.05, 3.63) is 59.7 Å². The minimum atomic E-state index is -0.615. The summed E-state index contributed by atoms with van der Waals surface area (Å²) >= 11 is 0. The summed E-state index contributed by atoms with van der Waals surface area (Å²) in [5, 5.41) is 5.23. The van der Waals surface area contributed by atoms with Gasteiger partial charge >= 0.3 is 6.09 Å². The van der Waals surface area contributed by atoms with Crippen LogP contribution in [-0.4, -0.2) is 31.7 Å². The molecule has 0 spiro atoms. The van der Waals surface area contributed by atoms with Crippen molar-refractivity contribution >= 4 is 12.0 Å². The highest BCUT2D eigenvalue weighted by Gasteiger charge is 2.30. The molecule has 1 atom stereocenters. The Morgan fingerprint density at radius 3 is 2.04 bits per heavy atom. The van der Waals surface area contributed by atoms with E-state index in [-0.39, 0.29) is 24.3 Å². The largest absolute Gasteiger partial charge is 0.449 e. The first-order chi connectivity index (χ1) is 12.5. The number of fused-ring (bicyclic) bond motifs is 3. The molecule has 0 fully saturated rings. The molecule has 0 aliphatic heterocycles. The number of hydrogen-bond donors (Lipinski definition) is 2. The highest BCUT2D eigenvalue weighted by Crippen LogP contribution is 2.44. The summed E-state index contributed by atoms with van der Waals surface area (Å²) in [6, 6.07) is 15.7. The Kier molecular flexibility index (Phi) is 5.26. The number of carbonyl (C=O) groups excluding carboxylic acids is 2. The van der Waals surface area contributed by atoms with Crippen LogP contribution in [-0.2, 0) is 9.53 Å². The van der Waals surface area contributed by atoms with Crippen molar-refractivity contribution in [2.24, 2.45) is 5.92 Å². The van der Waals surface area contributed by atoms with Crippen LogP contribution in [0.25, 0.3) is 11.1 Å². The quantitative estimate of drug-likeness (QED) is 0.868. The monoisotopic (exact) mass is 352 g/mol. The summed E-state index contributed by atoms with van der Waals surface area (Å²) in [6.45, 7) is 3.99. The number of hydrogen-bond acceptors (Lipinski definition) is 3. The Morgan fingerprint density at radius 2 is 1.54 bits per heavy atom. The number of ether oxygens (including phenoxy) is 1. The van der Waals surface area contributed by atoms with Crippen LogP contribution in [0.3, 0.4) is 0 Å². The molecule has 0 bridgehead atoms. The van der Waals surface area contributed by atoms with Crippen LogP contribution in [0.5, 0.6) is 0 Å². The van der Waals surface area contributed by atoms with Crippen molar-refractivity contribution in [3.63, 3.8) is 0 Å². The second-order valence-corrected chi connectivity index (χ2v) is 6.81. The fraction of sp³-hybridized carbons (Fsp3) is 0.333. The highest BCUT2D eigenvalue weighted by atomic mass is 16.5. The van der Waals surface area contributed by atoms with E-state index in [0.29, 0.717) is 0 Å². The van der Waals surface area contributed by atoms with Gasteiger partial charge in [-0.3, -0.25) is 4.79 Å². The van der Waals surface area contributed by atoms with Crippen LogP contribution in [0.15, 0.2) is 48.5 Å². The molecule has 2 aromatic carbocycles. The Bertz CT molecular complexity index is 771. The molecule has 1 unspecified atom stereocenters. The molecule has 1 aliphatic rings. The highest BCUT2D eigenvalue weighted by molar-refractivity contribution is 5.85. The second-order valence-electron chi connectivity index (χ2n) is 6.81. The average molecular weight is 352 g/mol. The number of rotatable bonds is 5. The van der Waals surface area contributed by atoms with E-state index in [2.05, 4.69) is 34.9 Å². The maximum absolute atomic E-state index is 12.2. The van der Waals surface area contributed by atoms with E-state index in [0.717, 1.165) is 11.1 Å². The Morgan fingerprint density at radius 1 is 1.00 bits per heavy atom. The molecule has 0 saturated carbocycles. The maximum Gasteiger partial charge on any atom is 0.407 e. The van der Waals surface area contributed by atoms with Crippen LogP contribution in [0, 0.1) is 5.92 Å². The summed E-state index contributed by atoms with van der Waals surface area (Å²) < 4.78 is 5.48. The molecule has 3 rings (SSSR count). The van der Waals surface area contributed by atoms with E-state index in [1.54, 1.807) is 7.05 Å². The lowest BCUT2D eigenvalue weighted by Crippen LogP contribution is -2.49. The van der Waals surface area contributed by atoms with Crippen molar-refractivity contribution < 1.29 is 14.3 Å². The molecular weight excluding hydrogens is 328 g/mol. The second kappa shape index (κ2) is 7.60. The van der Waals surface area contributed by atoms with E-state index in [1.807, 2.05) is 38.1 Å². The summed E-state index contributed by atoms with van der Waals surface area (Å²) in [5.41, 5.74) is 4.69. The fourth-order valence-electron chi connectivity index (χ4n) is 3.46. The molecule has 26 heavy (non-hydrogen) atoms. The van der Waals surface area contributed by atoms with Crippen molar-refractivity contribution in [1.29, 1.82) is 0 Å². The molecule has 0 aromatic heterocycles. The smallest absolute Gasteiger partial charge is 0.407 e. The van der Waals surface area contributed by atoms with Gasteiger partial charge in [-0.25, -0.2) is 4.79 Å². The van der Waals surface area contributed by atoms with Crippen molar-refractivity contribution in [2.75, 3.05) is 13.7 Å². The van der Waals surface area contributed by atoms with Gasteiger partial charge in [0.05, 0.1) is 0 Å². The third-order valence-electron chi connectivity index (χ3n) is 4.81. The predicted molar refractivity (Wildman–Crippen MR) is 101 cm³/mol. The van der Waals surface area contributed by atoms with Crippen molar-refractivity contribution in [1.82, 2.24) is 10.6 Å². The first kappa shape index (κ1) is 18.0. The Labute approximate surface area is 153 Å². The summed E-state index contributed by atoms with van der Waals surface area (Å²) in [7, 11) is 1.55.